The molecule has 3 rings (SSSR count). The van der Waals surface area contributed by atoms with Crippen LogP contribution in [0.4, 0.5) is 0 Å². The van der Waals surface area contributed by atoms with E-state index >= 15 is 0 Å². The van der Waals surface area contributed by atoms with Crippen LogP contribution in [0.2, 0.25) is 0 Å². The van der Waals surface area contributed by atoms with Crippen LogP contribution in [0.1, 0.15) is 12.0 Å². The highest BCUT2D eigenvalue weighted by atomic mass is 16.5. The smallest absolute Gasteiger partial charge is 0.256 e. The highest BCUT2D eigenvalue weighted by molar-refractivity contribution is 5.87. The van der Waals surface area contributed by atoms with Crippen LogP contribution < -0.4 is 0 Å². The lowest BCUT2D eigenvalue weighted by Crippen LogP contribution is -2.61. The van der Waals surface area contributed by atoms with Gasteiger partial charge in [-0.3, -0.25) is 9.59 Å². The molecule has 0 bridgehead atoms. The van der Waals surface area contributed by atoms with Crippen molar-refractivity contribution in [2.75, 3.05) is 47.5 Å². The van der Waals surface area contributed by atoms with Crippen molar-refractivity contribution < 1.29 is 19.1 Å². The van der Waals surface area contributed by atoms with Crippen LogP contribution in [-0.2, 0) is 25.5 Å². The van der Waals surface area contributed by atoms with E-state index in [1.54, 1.807) is 31.0 Å². The number of carbonyl (C=O) groups excluding carboxylic acids is 2. The second-order valence-corrected chi connectivity index (χ2v) is 7.84. The first-order valence-electron chi connectivity index (χ1n) is 10.2. The molecular weight excluding hydrogens is 380 g/mol. The summed E-state index contributed by atoms with van der Waals surface area (Å²) in [5.41, 5.74) is 2.11. The van der Waals surface area contributed by atoms with E-state index in [1.807, 2.05) is 30.3 Å². The molecule has 0 saturated carbocycles. The minimum atomic E-state index is -1.10. The van der Waals surface area contributed by atoms with E-state index in [9.17, 15) is 9.59 Å². The summed E-state index contributed by atoms with van der Waals surface area (Å²) in [6.07, 6.45) is 0.699. The Labute approximate surface area is 178 Å². The number of hydrogen-bond acceptors (Lipinski definition) is 4. The monoisotopic (exact) mass is 410 g/mol. The van der Waals surface area contributed by atoms with Crippen LogP contribution in [0.25, 0.3) is 11.1 Å². The van der Waals surface area contributed by atoms with Gasteiger partial charge in [0.25, 0.3) is 5.91 Å². The number of benzene rings is 2. The molecule has 0 radical (unpaired) electrons. The number of rotatable bonds is 7. The number of carbonyl (C=O) groups is 2. The molecule has 0 aromatic heterocycles. The van der Waals surface area contributed by atoms with Gasteiger partial charge in [-0.05, 0) is 16.7 Å². The number of morpholine rings is 1. The molecule has 6 nitrogen and oxygen atoms in total. The van der Waals surface area contributed by atoms with Gasteiger partial charge in [0.15, 0.2) is 5.60 Å². The van der Waals surface area contributed by atoms with Gasteiger partial charge in [-0.2, -0.15) is 0 Å². The first-order valence-corrected chi connectivity index (χ1v) is 10.2. The summed E-state index contributed by atoms with van der Waals surface area (Å²) in [6, 6.07) is 18.3. The highest BCUT2D eigenvalue weighted by Crippen LogP contribution is 2.28. The van der Waals surface area contributed by atoms with E-state index in [1.165, 1.54) is 0 Å². The lowest BCUT2D eigenvalue weighted by atomic mass is 9.89. The minimum absolute atomic E-state index is 0.0193. The Morgan fingerprint density at radius 2 is 1.83 bits per heavy atom. The quantitative estimate of drug-likeness (QED) is 0.704. The summed E-state index contributed by atoms with van der Waals surface area (Å²) in [7, 11) is 5.02. The van der Waals surface area contributed by atoms with E-state index in [4.69, 9.17) is 9.47 Å². The van der Waals surface area contributed by atoms with Crippen molar-refractivity contribution in [1.82, 2.24) is 9.80 Å². The molecule has 30 heavy (non-hydrogen) atoms. The lowest BCUT2D eigenvalue weighted by molar-refractivity contribution is -0.172. The minimum Gasteiger partial charge on any atom is -0.384 e. The van der Waals surface area contributed by atoms with Crippen LogP contribution in [0.3, 0.4) is 0 Å². The average molecular weight is 411 g/mol. The Morgan fingerprint density at radius 3 is 2.53 bits per heavy atom. The molecule has 0 spiro atoms. The molecule has 0 N–H and O–H groups in total. The molecule has 1 atom stereocenters. The maximum Gasteiger partial charge on any atom is 0.256 e. The predicted octanol–water partition coefficient (Wildman–Crippen LogP) is 2.62. The third kappa shape index (κ3) is 5.07. The third-order valence-electron chi connectivity index (χ3n) is 5.38. The van der Waals surface area contributed by atoms with Crippen LogP contribution in [-0.4, -0.2) is 74.7 Å². The number of nitrogens with zero attached hydrogens (tertiary/aromatic N) is 2. The Bertz CT molecular complexity index is 869. The van der Waals surface area contributed by atoms with Gasteiger partial charge in [-0.1, -0.05) is 54.6 Å². The molecule has 1 saturated heterocycles. The number of amides is 2. The van der Waals surface area contributed by atoms with Crippen molar-refractivity contribution in [3.63, 3.8) is 0 Å². The normalized spacial score (nSPS) is 18.8. The topological polar surface area (TPSA) is 59.1 Å². The van der Waals surface area contributed by atoms with E-state index in [0.29, 0.717) is 32.6 Å². The predicted molar refractivity (Wildman–Crippen MR) is 116 cm³/mol. The fourth-order valence-electron chi connectivity index (χ4n) is 3.89. The lowest BCUT2D eigenvalue weighted by Gasteiger charge is -2.43. The van der Waals surface area contributed by atoms with Crippen LogP contribution >= 0.6 is 0 Å². The Balaban J connectivity index is 1.88. The molecule has 0 unspecified atom stereocenters. The molecule has 1 fully saturated rings. The van der Waals surface area contributed by atoms with Gasteiger partial charge in [0.2, 0.25) is 5.91 Å². The van der Waals surface area contributed by atoms with Gasteiger partial charge in [0, 0.05) is 34.2 Å². The first kappa shape index (κ1) is 22.0. The third-order valence-corrected chi connectivity index (χ3v) is 5.38. The number of methoxy groups -OCH3 is 1. The van der Waals surface area contributed by atoms with Crippen molar-refractivity contribution in [1.29, 1.82) is 0 Å². The van der Waals surface area contributed by atoms with Crippen molar-refractivity contribution in [3.8, 4) is 11.1 Å². The maximum atomic E-state index is 13.2. The van der Waals surface area contributed by atoms with Crippen molar-refractivity contribution in [3.05, 3.63) is 60.2 Å². The van der Waals surface area contributed by atoms with Crippen molar-refractivity contribution >= 4 is 11.8 Å². The molecule has 1 aliphatic rings. The number of likely N-dealkylation sites (N-methyl/N-ethyl adjacent to an activating group) is 1. The zero-order valence-electron chi connectivity index (χ0n) is 18.0. The zero-order chi connectivity index (χ0) is 21.6. The summed E-state index contributed by atoms with van der Waals surface area (Å²) in [4.78, 5) is 29.1. The SMILES string of the molecule is COCCC(=O)N1CCO[C@@](Cc2cccc(-c3ccccc3)c2)(C(=O)N(C)C)C1. The van der Waals surface area contributed by atoms with Gasteiger partial charge < -0.3 is 19.3 Å². The maximum absolute atomic E-state index is 13.2. The molecule has 2 aromatic rings. The average Bonchev–Trinajstić information content (AvgIpc) is 2.77. The van der Waals surface area contributed by atoms with Gasteiger partial charge in [0.05, 0.1) is 26.2 Å². The Morgan fingerprint density at radius 1 is 1.10 bits per heavy atom. The molecule has 160 valence electrons. The summed E-state index contributed by atoms with van der Waals surface area (Å²) >= 11 is 0. The van der Waals surface area contributed by atoms with Crippen molar-refractivity contribution in [2.24, 2.45) is 0 Å². The fourth-order valence-corrected chi connectivity index (χ4v) is 3.89. The van der Waals surface area contributed by atoms with Gasteiger partial charge >= 0.3 is 0 Å². The summed E-state index contributed by atoms with van der Waals surface area (Å²) < 4.78 is 11.1. The van der Waals surface area contributed by atoms with Gasteiger partial charge in [-0.25, -0.2) is 0 Å². The standard InChI is InChI=1S/C24H30N2O4/c1-25(2)23(28)24(18-26(13-15-30-24)22(27)12-14-29-3)17-19-8-7-11-21(16-19)20-9-5-4-6-10-20/h4-11,16H,12-15,17-18H2,1-3H3/t24-/m1/s1. The molecule has 1 heterocycles. The van der Waals surface area contributed by atoms with Gasteiger partial charge in [0.1, 0.15) is 0 Å². The van der Waals surface area contributed by atoms with E-state index < -0.39 is 5.60 Å². The summed E-state index contributed by atoms with van der Waals surface area (Å²) in [5.74, 6) is -0.147. The van der Waals surface area contributed by atoms with Gasteiger partial charge in [-0.15, -0.1) is 0 Å². The highest BCUT2D eigenvalue weighted by Gasteiger charge is 2.45. The number of hydrogen-bond donors (Lipinski definition) is 0. The summed E-state index contributed by atoms with van der Waals surface area (Å²) in [5, 5.41) is 0. The van der Waals surface area contributed by atoms with Crippen LogP contribution in [0.5, 0.6) is 0 Å². The fraction of sp³-hybridized carbons (Fsp3) is 0.417. The van der Waals surface area contributed by atoms with E-state index in [2.05, 4.69) is 24.3 Å². The zero-order valence-corrected chi connectivity index (χ0v) is 18.0. The summed E-state index contributed by atoms with van der Waals surface area (Å²) in [6.45, 7) is 1.41. The molecular formula is C24H30N2O4. The molecule has 2 aromatic carbocycles. The Kier molecular flexibility index (Phi) is 7.24. The Hall–Kier alpha value is -2.70. The molecule has 0 aliphatic carbocycles. The van der Waals surface area contributed by atoms with E-state index in [0.717, 1.165) is 16.7 Å². The largest absolute Gasteiger partial charge is 0.384 e. The second-order valence-electron chi connectivity index (χ2n) is 7.84. The second kappa shape index (κ2) is 9.87. The molecule has 2 amide bonds. The van der Waals surface area contributed by atoms with Crippen LogP contribution in [0.15, 0.2) is 54.6 Å². The molecule has 1 aliphatic heterocycles. The molecule has 6 heteroatoms. The first-order chi connectivity index (χ1) is 14.4. The van der Waals surface area contributed by atoms with Crippen molar-refractivity contribution in [2.45, 2.75) is 18.4 Å². The number of ether oxygens (including phenoxy) is 2. The van der Waals surface area contributed by atoms with E-state index in [-0.39, 0.29) is 18.4 Å². The van der Waals surface area contributed by atoms with Crippen LogP contribution in [0, 0.1) is 0 Å².